The Balaban J connectivity index is 1.57. The molecule has 3 nitrogen and oxygen atoms in total. The normalized spacial score (nSPS) is 18.0. The average molecular weight is 366 g/mol. The second-order valence-electron chi connectivity index (χ2n) is 7.70. The number of anilines is 1. The molecule has 0 unspecified atom stereocenters. The summed E-state index contributed by atoms with van der Waals surface area (Å²) in [6, 6.07) is 14.8. The van der Waals surface area contributed by atoms with Crippen LogP contribution >= 0.6 is 11.9 Å². The average Bonchev–Trinajstić information content (AvgIpc) is 3.41. The van der Waals surface area contributed by atoms with Gasteiger partial charge in [-0.05, 0) is 81.7 Å². The van der Waals surface area contributed by atoms with Crippen LogP contribution in [0.15, 0.2) is 47.4 Å². The van der Waals surface area contributed by atoms with Gasteiger partial charge in [0.1, 0.15) is 5.84 Å². The predicted molar refractivity (Wildman–Crippen MR) is 111 cm³/mol. The van der Waals surface area contributed by atoms with Crippen molar-refractivity contribution in [1.82, 2.24) is 4.90 Å². The maximum Gasteiger partial charge on any atom is 0.130 e. The minimum atomic E-state index is 0.291. The van der Waals surface area contributed by atoms with Crippen LogP contribution < -0.4 is 4.72 Å². The van der Waals surface area contributed by atoms with Crippen LogP contribution in [0.3, 0.4) is 0 Å². The maximum atomic E-state index is 8.99. The molecule has 0 aromatic heterocycles. The molecular formula is C22H27N3S. The number of nitrogens with zero attached hydrogens (tertiary/aromatic N) is 1. The van der Waals surface area contributed by atoms with E-state index in [4.69, 9.17) is 5.41 Å². The molecule has 2 N–H and O–H groups in total. The largest absolute Gasteiger partial charge is 0.351 e. The van der Waals surface area contributed by atoms with Gasteiger partial charge in [0, 0.05) is 22.5 Å². The molecule has 0 radical (unpaired) electrons. The lowest BCUT2D eigenvalue weighted by atomic mass is 9.96. The standard InChI is InChI=1S/C22H27N3S/c1-16-8-10-18(11-9-16)26-24-19-7-5-6-17(2)20(19)21(23)25-15-4-3-12-22(25)13-14-22/h5-11,23-24H,3-4,12-15H2,1-2H3. The topological polar surface area (TPSA) is 39.1 Å². The summed E-state index contributed by atoms with van der Waals surface area (Å²) in [4.78, 5) is 3.58. The summed E-state index contributed by atoms with van der Waals surface area (Å²) in [5.41, 5.74) is 4.83. The first kappa shape index (κ1) is 17.5. The van der Waals surface area contributed by atoms with E-state index in [1.165, 1.54) is 48.1 Å². The zero-order valence-electron chi connectivity index (χ0n) is 15.6. The van der Waals surface area contributed by atoms with Crippen molar-refractivity contribution < 1.29 is 0 Å². The van der Waals surface area contributed by atoms with Gasteiger partial charge in [-0.15, -0.1) is 0 Å². The fourth-order valence-electron chi connectivity index (χ4n) is 4.03. The number of amidine groups is 1. The highest BCUT2D eigenvalue weighted by atomic mass is 32.2. The summed E-state index contributed by atoms with van der Waals surface area (Å²) in [5, 5.41) is 8.99. The molecule has 4 heteroatoms. The van der Waals surface area contributed by atoms with Crippen molar-refractivity contribution in [2.24, 2.45) is 0 Å². The molecule has 1 spiro atoms. The quantitative estimate of drug-likeness (QED) is 0.411. The lowest BCUT2D eigenvalue weighted by Crippen LogP contribution is -2.45. The number of likely N-dealkylation sites (tertiary alicyclic amines) is 1. The number of rotatable bonds is 4. The van der Waals surface area contributed by atoms with Gasteiger partial charge in [0.15, 0.2) is 0 Å². The van der Waals surface area contributed by atoms with Crippen LogP contribution in [-0.2, 0) is 0 Å². The van der Waals surface area contributed by atoms with E-state index in [1.807, 2.05) is 0 Å². The summed E-state index contributed by atoms with van der Waals surface area (Å²) in [6.45, 7) is 5.25. The van der Waals surface area contributed by atoms with Crippen molar-refractivity contribution in [3.63, 3.8) is 0 Å². The van der Waals surface area contributed by atoms with Gasteiger partial charge in [-0.2, -0.15) is 0 Å². The Hall–Kier alpha value is -1.94. The van der Waals surface area contributed by atoms with Gasteiger partial charge in [-0.3, -0.25) is 5.41 Å². The molecule has 0 bridgehead atoms. The minimum Gasteiger partial charge on any atom is -0.351 e. The van der Waals surface area contributed by atoms with Crippen molar-refractivity contribution in [1.29, 1.82) is 5.41 Å². The van der Waals surface area contributed by atoms with Gasteiger partial charge in [0.05, 0.1) is 5.69 Å². The second-order valence-corrected chi connectivity index (χ2v) is 8.58. The van der Waals surface area contributed by atoms with Crippen molar-refractivity contribution >= 4 is 23.5 Å². The molecule has 1 saturated heterocycles. The highest BCUT2D eigenvalue weighted by molar-refractivity contribution is 8.00. The summed E-state index contributed by atoms with van der Waals surface area (Å²) in [7, 11) is 0. The highest BCUT2D eigenvalue weighted by Gasteiger charge is 2.50. The molecule has 2 aromatic rings. The fourth-order valence-corrected chi connectivity index (χ4v) is 4.70. The number of hydrogen-bond acceptors (Lipinski definition) is 3. The minimum absolute atomic E-state index is 0.291. The zero-order chi connectivity index (χ0) is 18.1. The third-order valence-electron chi connectivity index (χ3n) is 5.75. The molecule has 2 aromatic carbocycles. The molecular weight excluding hydrogens is 338 g/mol. The molecule has 26 heavy (non-hydrogen) atoms. The molecule has 2 aliphatic rings. The molecule has 1 saturated carbocycles. The van der Waals surface area contributed by atoms with Crippen LogP contribution in [-0.4, -0.2) is 22.8 Å². The Morgan fingerprint density at radius 1 is 1.04 bits per heavy atom. The monoisotopic (exact) mass is 365 g/mol. The van der Waals surface area contributed by atoms with Crippen LogP contribution in [0.25, 0.3) is 0 Å². The molecule has 0 amide bonds. The first-order chi connectivity index (χ1) is 12.6. The highest BCUT2D eigenvalue weighted by Crippen LogP contribution is 2.49. The molecule has 136 valence electrons. The Morgan fingerprint density at radius 3 is 2.54 bits per heavy atom. The van der Waals surface area contributed by atoms with Crippen molar-refractivity contribution in [2.45, 2.75) is 56.4 Å². The van der Waals surface area contributed by atoms with Crippen LogP contribution in [0.1, 0.15) is 48.8 Å². The number of nitrogens with one attached hydrogen (secondary N) is 2. The van der Waals surface area contributed by atoms with Gasteiger partial charge in [-0.25, -0.2) is 0 Å². The summed E-state index contributed by atoms with van der Waals surface area (Å²) >= 11 is 1.62. The smallest absolute Gasteiger partial charge is 0.130 e. The second kappa shape index (κ2) is 6.99. The van der Waals surface area contributed by atoms with E-state index in [2.05, 4.69) is 65.9 Å². The molecule has 4 rings (SSSR count). The van der Waals surface area contributed by atoms with Gasteiger partial charge in [0.25, 0.3) is 0 Å². The maximum absolute atomic E-state index is 8.99. The first-order valence-corrected chi connectivity index (χ1v) is 10.4. The Kier molecular flexibility index (Phi) is 4.70. The summed E-state index contributed by atoms with van der Waals surface area (Å²) in [6.07, 6.45) is 6.27. The van der Waals surface area contributed by atoms with Crippen LogP contribution in [0.5, 0.6) is 0 Å². The third-order valence-corrected chi connectivity index (χ3v) is 6.58. The zero-order valence-corrected chi connectivity index (χ0v) is 16.5. The molecule has 1 aliphatic carbocycles. The van der Waals surface area contributed by atoms with E-state index in [1.54, 1.807) is 11.9 Å². The van der Waals surface area contributed by atoms with Crippen molar-refractivity contribution in [3.8, 4) is 0 Å². The molecule has 0 atom stereocenters. The summed E-state index contributed by atoms with van der Waals surface area (Å²) < 4.78 is 3.51. The van der Waals surface area contributed by atoms with E-state index >= 15 is 0 Å². The van der Waals surface area contributed by atoms with Crippen molar-refractivity contribution in [2.75, 3.05) is 11.3 Å². The van der Waals surface area contributed by atoms with Crippen LogP contribution in [0.2, 0.25) is 0 Å². The Labute approximate surface area is 160 Å². The van der Waals surface area contributed by atoms with E-state index in [-0.39, 0.29) is 0 Å². The van der Waals surface area contributed by atoms with Gasteiger partial charge < -0.3 is 9.62 Å². The van der Waals surface area contributed by atoms with E-state index in [0.717, 1.165) is 17.8 Å². The van der Waals surface area contributed by atoms with Gasteiger partial charge >= 0.3 is 0 Å². The van der Waals surface area contributed by atoms with E-state index in [0.29, 0.717) is 11.4 Å². The number of hydrogen-bond donors (Lipinski definition) is 2. The predicted octanol–water partition coefficient (Wildman–Crippen LogP) is 5.77. The molecule has 2 fully saturated rings. The lowest BCUT2D eigenvalue weighted by Gasteiger charge is -2.39. The summed E-state index contributed by atoms with van der Waals surface area (Å²) in [5.74, 6) is 0.701. The van der Waals surface area contributed by atoms with Gasteiger partial charge in [-0.1, -0.05) is 29.8 Å². The fraction of sp³-hybridized carbons (Fsp3) is 0.409. The van der Waals surface area contributed by atoms with E-state index in [9.17, 15) is 0 Å². The van der Waals surface area contributed by atoms with Gasteiger partial charge in [0.2, 0.25) is 0 Å². The lowest BCUT2D eigenvalue weighted by molar-refractivity contribution is 0.220. The first-order valence-electron chi connectivity index (χ1n) is 9.55. The Bertz CT molecular complexity index is 809. The number of benzene rings is 2. The number of aryl methyl sites for hydroxylation is 2. The van der Waals surface area contributed by atoms with Crippen LogP contribution in [0.4, 0.5) is 5.69 Å². The van der Waals surface area contributed by atoms with E-state index < -0.39 is 0 Å². The Morgan fingerprint density at radius 2 is 1.81 bits per heavy atom. The third kappa shape index (κ3) is 3.35. The SMILES string of the molecule is Cc1ccc(SNc2cccc(C)c2C(=N)N2CCCCC23CC3)cc1. The molecule has 1 heterocycles. The molecule has 1 aliphatic heterocycles. The number of piperidine rings is 1. The van der Waals surface area contributed by atoms with Crippen molar-refractivity contribution in [3.05, 3.63) is 59.2 Å². The van der Waals surface area contributed by atoms with Crippen LogP contribution in [0, 0.1) is 19.3 Å².